The maximum absolute atomic E-state index is 12.7. The predicted octanol–water partition coefficient (Wildman–Crippen LogP) is 6.82. The molecule has 6 rings (SSSR count). The van der Waals surface area contributed by atoms with Gasteiger partial charge in [-0.25, -0.2) is 4.79 Å². The standard InChI is InChI=1S/C33H49NO4/c1-21(30-19-24(20-31(36)38-30)34-16-6-5-7-17-34)27-10-11-28-26-9-8-23-18-25(37-22(2)35)12-14-32(23,3)29(26)13-15-33(27,28)4/h8,20-21,25-30H,5-7,9-19H2,1-4H3/t21-,25-,26-,27+,28-,29-,30+,32-,33+/m0/s1. The molecule has 38 heavy (non-hydrogen) atoms. The van der Waals surface area contributed by atoms with Crippen LogP contribution in [-0.4, -0.2) is 42.1 Å². The molecule has 0 amide bonds. The Hall–Kier alpha value is -1.78. The van der Waals surface area contributed by atoms with E-state index in [2.05, 4.69) is 31.7 Å². The fourth-order valence-corrected chi connectivity index (χ4v) is 10.4. The molecule has 5 heteroatoms. The normalized spacial score (nSPS) is 43.6. The highest BCUT2D eigenvalue weighted by molar-refractivity contribution is 5.83. The Morgan fingerprint density at radius 1 is 1.05 bits per heavy atom. The lowest BCUT2D eigenvalue weighted by atomic mass is 9.47. The van der Waals surface area contributed by atoms with Crippen molar-refractivity contribution in [3.8, 4) is 0 Å². The number of piperidine rings is 1. The molecule has 0 aromatic carbocycles. The summed E-state index contributed by atoms with van der Waals surface area (Å²) in [6, 6.07) is 0. The highest BCUT2D eigenvalue weighted by Gasteiger charge is 2.60. The van der Waals surface area contributed by atoms with Gasteiger partial charge in [-0.05, 0) is 105 Å². The van der Waals surface area contributed by atoms with E-state index in [1.54, 1.807) is 11.6 Å². The first-order valence-electron chi connectivity index (χ1n) is 15.7. The van der Waals surface area contributed by atoms with Crippen LogP contribution in [0.4, 0.5) is 0 Å². The van der Waals surface area contributed by atoms with Crippen LogP contribution in [0.15, 0.2) is 23.4 Å². The molecule has 0 unspecified atom stereocenters. The molecule has 0 aromatic rings. The molecule has 6 aliphatic rings. The van der Waals surface area contributed by atoms with Gasteiger partial charge in [-0.3, -0.25) is 4.79 Å². The third kappa shape index (κ3) is 4.44. The minimum atomic E-state index is -0.144. The van der Waals surface area contributed by atoms with Crippen LogP contribution in [0, 0.1) is 40.4 Å². The number of allylic oxidation sites excluding steroid dienone is 1. The molecule has 9 atom stereocenters. The van der Waals surface area contributed by atoms with Crippen molar-refractivity contribution in [2.24, 2.45) is 40.4 Å². The van der Waals surface area contributed by atoms with Gasteiger partial charge in [0.2, 0.25) is 0 Å². The summed E-state index contributed by atoms with van der Waals surface area (Å²) in [5.74, 6) is 2.99. The smallest absolute Gasteiger partial charge is 0.332 e. The highest BCUT2D eigenvalue weighted by atomic mass is 16.5. The number of cyclic esters (lactones) is 1. The first kappa shape index (κ1) is 26.4. The third-order valence-corrected chi connectivity index (χ3v) is 12.4. The number of ether oxygens (including phenoxy) is 2. The van der Waals surface area contributed by atoms with Crippen molar-refractivity contribution in [3.05, 3.63) is 23.4 Å². The minimum Gasteiger partial charge on any atom is -0.462 e. The van der Waals surface area contributed by atoms with Gasteiger partial charge in [0.05, 0.1) is 0 Å². The Kier molecular flexibility index (Phi) is 6.96. The van der Waals surface area contributed by atoms with E-state index in [9.17, 15) is 9.59 Å². The van der Waals surface area contributed by atoms with Crippen molar-refractivity contribution in [1.82, 2.24) is 4.90 Å². The molecular weight excluding hydrogens is 474 g/mol. The molecule has 0 radical (unpaired) electrons. The molecule has 2 aliphatic heterocycles. The number of carbonyl (C=O) groups is 2. The number of esters is 2. The van der Waals surface area contributed by atoms with E-state index in [0.717, 1.165) is 56.5 Å². The number of nitrogens with zero attached hydrogens (tertiary/aromatic N) is 1. The number of fused-ring (bicyclic) bond motifs is 5. The molecule has 0 bridgehead atoms. The van der Waals surface area contributed by atoms with E-state index in [4.69, 9.17) is 9.47 Å². The van der Waals surface area contributed by atoms with Crippen LogP contribution >= 0.6 is 0 Å². The lowest BCUT2D eigenvalue weighted by molar-refractivity contribution is -0.151. The zero-order chi connectivity index (χ0) is 26.7. The van der Waals surface area contributed by atoms with E-state index in [1.165, 1.54) is 64.0 Å². The summed E-state index contributed by atoms with van der Waals surface area (Å²) in [7, 11) is 0. The molecule has 1 saturated heterocycles. The monoisotopic (exact) mass is 523 g/mol. The fourth-order valence-electron chi connectivity index (χ4n) is 10.4. The summed E-state index contributed by atoms with van der Waals surface area (Å²) in [6.07, 6.45) is 18.5. The van der Waals surface area contributed by atoms with E-state index in [1.807, 2.05) is 0 Å². The van der Waals surface area contributed by atoms with Gasteiger partial charge in [-0.1, -0.05) is 32.4 Å². The largest absolute Gasteiger partial charge is 0.462 e. The summed E-state index contributed by atoms with van der Waals surface area (Å²) in [5, 5.41) is 0. The average molecular weight is 524 g/mol. The van der Waals surface area contributed by atoms with Crippen LogP contribution in [0.2, 0.25) is 0 Å². The van der Waals surface area contributed by atoms with Crippen LogP contribution < -0.4 is 0 Å². The van der Waals surface area contributed by atoms with Crippen molar-refractivity contribution in [2.45, 2.75) is 117 Å². The van der Waals surface area contributed by atoms with Crippen molar-refractivity contribution >= 4 is 11.9 Å². The van der Waals surface area contributed by atoms with Crippen LogP contribution in [0.1, 0.15) is 105 Å². The number of carbonyl (C=O) groups excluding carboxylic acids is 2. The Bertz CT molecular complexity index is 1010. The average Bonchev–Trinajstić information content (AvgIpc) is 3.25. The summed E-state index contributed by atoms with van der Waals surface area (Å²) >= 11 is 0. The Balaban J connectivity index is 1.17. The number of hydrogen-bond acceptors (Lipinski definition) is 5. The van der Waals surface area contributed by atoms with E-state index in [0.29, 0.717) is 17.3 Å². The summed E-state index contributed by atoms with van der Waals surface area (Å²) in [6.45, 7) is 11.2. The molecule has 0 spiro atoms. The van der Waals surface area contributed by atoms with Gasteiger partial charge in [-0.2, -0.15) is 0 Å². The predicted molar refractivity (Wildman–Crippen MR) is 148 cm³/mol. The molecule has 0 aromatic heterocycles. The van der Waals surface area contributed by atoms with Crippen molar-refractivity contribution < 1.29 is 19.1 Å². The SMILES string of the molecule is CC(=O)O[C@H]1CC[C@@]2(C)C(=CC[C@H]3[C@@H]4CC[C@H]([C@H](C)[C@H]5CC(N6CCCCC6)=CC(=O)O5)[C@@]4(C)CC[C@@H]32)C1. The summed E-state index contributed by atoms with van der Waals surface area (Å²) in [4.78, 5) is 26.7. The second-order valence-corrected chi connectivity index (χ2v) is 14.2. The minimum absolute atomic E-state index is 0.00894. The summed E-state index contributed by atoms with van der Waals surface area (Å²) < 4.78 is 11.7. The first-order valence-corrected chi connectivity index (χ1v) is 15.7. The van der Waals surface area contributed by atoms with Crippen molar-refractivity contribution in [1.29, 1.82) is 0 Å². The Morgan fingerprint density at radius 3 is 2.61 bits per heavy atom. The Morgan fingerprint density at radius 2 is 1.84 bits per heavy atom. The van der Waals surface area contributed by atoms with Gasteiger partial charge in [0, 0.05) is 44.6 Å². The molecular formula is C33H49NO4. The van der Waals surface area contributed by atoms with E-state index >= 15 is 0 Å². The quantitative estimate of drug-likeness (QED) is 0.299. The van der Waals surface area contributed by atoms with Gasteiger partial charge >= 0.3 is 11.9 Å². The fraction of sp³-hybridized carbons (Fsp3) is 0.818. The lowest BCUT2D eigenvalue weighted by Gasteiger charge is -2.58. The van der Waals surface area contributed by atoms with Crippen LogP contribution in [0.25, 0.3) is 0 Å². The van der Waals surface area contributed by atoms with Gasteiger partial charge in [0.15, 0.2) is 0 Å². The molecule has 0 N–H and O–H groups in total. The van der Waals surface area contributed by atoms with E-state index in [-0.39, 0.29) is 29.6 Å². The van der Waals surface area contributed by atoms with Gasteiger partial charge < -0.3 is 14.4 Å². The second-order valence-electron chi connectivity index (χ2n) is 14.2. The van der Waals surface area contributed by atoms with Crippen LogP contribution in [-0.2, 0) is 19.1 Å². The maximum Gasteiger partial charge on any atom is 0.332 e. The second kappa shape index (κ2) is 10.0. The molecule has 3 saturated carbocycles. The van der Waals surface area contributed by atoms with Crippen LogP contribution in [0.5, 0.6) is 0 Å². The zero-order valence-corrected chi connectivity index (χ0v) is 24.2. The van der Waals surface area contributed by atoms with Crippen molar-refractivity contribution in [2.75, 3.05) is 13.1 Å². The molecule has 4 fully saturated rings. The maximum atomic E-state index is 12.7. The zero-order valence-electron chi connectivity index (χ0n) is 24.2. The van der Waals surface area contributed by atoms with Gasteiger partial charge in [-0.15, -0.1) is 0 Å². The molecule has 4 aliphatic carbocycles. The lowest BCUT2D eigenvalue weighted by Crippen LogP contribution is -2.51. The van der Waals surface area contributed by atoms with Crippen molar-refractivity contribution in [3.63, 3.8) is 0 Å². The van der Waals surface area contributed by atoms with Gasteiger partial charge in [0.25, 0.3) is 0 Å². The number of likely N-dealkylation sites (tertiary alicyclic amines) is 1. The van der Waals surface area contributed by atoms with Crippen LogP contribution in [0.3, 0.4) is 0 Å². The Labute approximate surface area is 229 Å². The highest BCUT2D eigenvalue weighted by Crippen LogP contribution is 2.67. The number of hydrogen-bond donors (Lipinski definition) is 0. The van der Waals surface area contributed by atoms with Gasteiger partial charge in [0.1, 0.15) is 12.2 Å². The molecule has 210 valence electrons. The van der Waals surface area contributed by atoms with E-state index < -0.39 is 0 Å². The molecule has 5 nitrogen and oxygen atoms in total. The summed E-state index contributed by atoms with van der Waals surface area (Å²) in [5.41, 5.74) is 3.38. The topological polar surface area (TPSA) is 55.8 Å². The molecule has 2 heterocycles. The first-order chi connectivity index (χ1) is 18.2. The third-order valence-electron chi connectivity index (χ3n) is 12.4. The number of rotatable bonds is 4.